The molecule has 1 aliphatic carbocycles. The van der Waals surface area contributed by atoms with E-state index in [-0.39, 0.29) is 16.9 Å². The molecule has 0 radical (unpaired) electrons. The van der Waals surface area contributed by atoms with Gasteiger partial charge in [-0.1, -0.05) is 30.3 Å². The number of benzene rings is 2. The Bertz CT molecular complexity index is 1580. The molecule has 2 heterocycles. The topological polar surface area (TPSA) is 130 Å². The quantitative estimate of drug-likeness (QED) is 0.332. The number of nitriles is 1. The number of hydrogen-bond acceptors (Lipinski definition) is 8. The molecular formula is C28H29N5O4S. The van der Waals surface area contributed by atoms with Gasteiger partial charge >= 0.3 is 0 Å². The van der Waals surface area contributed by atoms with Crippen LogP contribution in [0.3, 0.4) is 0 Å². The predicted octanol–water partition coefficient (Wildman–Crippen LogP) is 4.77. The van der Waals surface area contributed by atoms with Crippen LogP contribution >= 0.6 is 0 Å². The van der Waals surface area contributed by atoms with Gasteiger partial charge in [0.15, 0.2) is 15.7 Å². The zero-order chi connectivity index (χ0) is 26.9. The fourth-order valence-electron chi connectivity index (χ4n) is 4.77. The number of aliphatic hydroxyl groups is 1. The number of pyridine rings is 1. The number of aliphatic hydroxyl groups excluding tert-OH is 1. The van der Waals surface area contributed by atoms with E-state index >= 15 is 0 Å². The summed E-state index contributed by atoms with van der Waals surface area (Å²) in [6.45, 7) is 3.61. The van der Waals surface area contributed by atoms with Gasteiger partial charge in [-0.2, -0.15) is 10.4 Å². The molecule has 1 fully saturated rings. The highest BCUT2D eigenvalue weighted by atomic mass is 32.2. The first-order valence-electron chi connectivity index (χ1n) is 12.5. The highest BCUT2D eigenvalue weighted by Gasteiger charge is 2.37. The Morgan fingerprint density at radius 3 is 2.55 bits per heavy atom. The van der Waals surface area contributed by atoms with Crippen molar-refractivity contribution in [3.63, 3.8) is 0 Å². The summed E-state index contributed by atoms with van der Waals surface area (Å²) in [4.78, 5) is 4.72. The van der Waals surface area contributed by atoms with Gasteiger partial charge < -0.3 is 15.2 Å². The van der Waals surface area contributed by atoms with Crippen molar-refractivity contribution >= 4 is 32.2 Å². The van der Waals surface area contributed by atoms with Crippen molar-refractivity contribution in [1.29, 1.82) is 5.26 Å². The van der Waals surface area contributed by atoms with Crippen LogP contribution < -0.4 is 10.1 Å². The van der Waals surface area contributed by atoms with E-state index in [4.69, 9.17) is 9.84 Å². The van der Waals surface area contributed by atoms with Crippen molar-refractivity contribution < 1.29 is 18.3 Å². The third-order valence-electron chi connectivity index (χ3n) is 6.85. The zero-order valence-electron chi connectivity index (χ0n) is 21.2. The van der Waals surface area contributed by atoms with E-state index in [1.807, 2.05) is 36.4 Å². The number of fused-ring (bicyclic) bond motifs is 1. The molecule has 10 heteroatoms. The molecule has 3 atom stereocenters. The standard InChI is InChI=1S/C28H29N5O4S/c1-18(2)38(35,36)23-10-8-21(9-11-23)31-27-26-24(33(32-27)25-15-22(34)14-20(25)16-29)12-13-30-28(26)37-17-19-6-4-3-5-7-19/h3-13,18,20,22,25,34H,14-15,17H2,1-2H3,(H,31,32). The van der Waals surface area contributed by atoms with E-state index in [9.17, 15) is 18.8 Å². The Kier molecular flexibility index (Phi) is 7.06. The Morgan fingerprint density at radius 1 is 1.13 bits per heavy atom. The second kappa shape index (κ2) is 10.4. The molecule has 9 nitrogen and oxygen atoms in total. The maximum atomic E-state index is 12.5. The van der Waals surface area contributed by atoms with Crippen LogP contribution in [0.1, 0.15) is 38.3 Å². The number of hydrogen-bond donors (Lipinski definition) is 2. The predicted molar refractivity (Wildman–Crippen MR) is 144 cm³/mol. The maximum Gasteiger partial charge on any atom is 0.227 e. The molecule has 0 bridgehead atoms. The van der Waals surface area contributed by atoms with Crippen LogP contribution in [0.25, 0.3) is 10.9 Å². The molecule has 0 amide bonds. The molecule has 38 heavy (non-hydrogen) atoms. The van der Waals surface area contributed by atoms with E-state index < -0.39 is 21.2 Å². The molecule has 2 aromatic carbocycles. The third kappa shape index (κ3) is 4.95. The van der Waals surface area contributed by atoms with E-state index in [1.165, 1.54) is 0 Å². The zero-order valence-corrected chi connectivity index (χ0v) is 22.0. The largest absolute Gasteiger partial charge is 0.472 e. The average Bonchev–Trinajstić information content (AvgIpc) is 3.48. The summed E-state index contributed by atoms with van der Waals surface area (Å²) >= 11 is 0. The molecule has 1 saturated carbocycles. The number of ether oxygens (including phenoxy) is 1. The first-order chi connectivity index (χ1) is 18.3. The molecule has 196 valence electrons. The van der Waals surface area contributed by atoms with Gasteiger partial charge in [0.05, 0.1) is 39.8 Å². The van der Waals surface area contributed by atoms with Crippen LogP contribution in [-0.2, 0) is 16.4 Å². The van der Waals surface area contributed by atoms with Gasteiger partial charge in [-0.05, 0) is 62.6 Å². The highest BCUT2D eigenvalue weighted by Crippen LogP contribution is 2.41. The molecule has 1 aliphatic rings. The monoisotopic (exact) mass is 531 g/mol. The van der Waals surface area contributed by atoms with Crippen LogP contribution in [0.2, 0.25) is 0 Å². The summed E-state index contributed by atoms with van der Waals surface area (Å²) < 4.78 is 33.0. The average molecular weight is 532 g/mol. The lowest BCUT2D eigenvalue weighted by atomic mass is 10.1. The Morgan fingerprint density at radius 2 is 1.87 bits per heavy atom. The minimum atomic E-state index is -3.39. The molecule has 3 unspecified atom stereocenters. The number of nitrogens with zero attached hydrogens (tertiary/aromatic N) is 4. The number of anilines is 2. The van der Waals surface area contributed by atoms with Gasteiger partial charge in [0, 0.05) is 11.9 Å². The summed E-state index contributed by atoms with van der Waals surface area (Å²) in [6, 6.07) is 20.1. The van der Waals surface area contributed by atoms with Gasteiger partial charge in [-0.3, -0.25) is 4.68 Å². The molecule has 0 aliphatic heterocycles. The van der Waals surface area contributed by atoms with Gasteiger partial charge in [0.2, 0.25) is 5.88 Å². The number of sulfone groups is 1. The summed E-state index contributed by atoms with van der Waals surface area (Å²) in [6.07, 6.45) is 1.87. The summed E-state index contributed by atoms with van der Waals surface area (Å²) in [5, 5.41) is 28.2. The maximum absolute atomic E-state index is 12.5. The van der Waals surface area contributed by atoms with Crippen LogP contribution in [0, 0.1) is 17.2 Å². The van der Waals surface area contributed by atoms with E-state index in [1.54, 1.807) is 49.0 Å². The van der Waals surface area contributed by atoms with Crippen LogP contribution in [0.5, 0.6) is 5.88 Å². The molecule has 2 aromatic heterocycles. The number of rotatable bonds is 8. The van der Waals surface area contributed by atoms with Crippen molar-refractivity contribution in [2.75, 3.05) is 5.32 Å². The SMILES string of the molecule is CC(C)S(=O)(=O)c1ccc(Nc2nn(C3CC(O)CC3C#N)c3ccnc(OCc4ccccc4)c23)cc1. The van der Waals surface area contributed by atoms with Crippen LogP contribution in [0.15, 0.2) is 71.8 Å². The summed E-state index contributed by atoms with van der Waals surface area (Å²) in [7, 11) is -3.39. The first kappa shape index (κ1) is 25.7. The molecule has 5 rings (SSSR count). The fraction of sp³-hybridized carbons (Fsp3) is 0.321. The second-order valence-electron chi connectivity index (χ2n) is 9.75. The Labute approximate surface area is 221 Å². The molecule has 0 saturated heterocycles. The lowest BCUT2D eigenvalue weighted by Gasteiger charge is -2.15. The van der Waals surface area contributed by atoms with Gasteiger partial charge in [0.1, 0.15) is 12.0 Å². The van der Waals surface area contributed by atoms with Gasteiger partial charge in [-0.15, -0.1) is 0 Å². The van der Waals surface area contributed by atoms with Crippen molar-refractivity contribution in [3.8, 4) is 11.9 Å². The number of aromatic nitrogens is 3. The normalized spacial score (nSPS) is 19.5. The Balaban J connectivity index is 1.55. The van der Waals surface area contributed by atoms with Crippen molar-refractivity contribution in [2.24, 2.45) is 5.92 Å². The van der Waals surface area contributed by atoms with Crippen LogP contribution in [-0.4, -0.2) is 39.6 Å². The van der Waals surface area contributed by atoms with Crippen molar-refractivity contribution in [2.45, 2.75) is 55.6 Å². The van der Waals surface area contributed by atoms with E-state index in [0.29, 0.717) is 42.2 Å². The first-order valence-corrected chi connectivity index (χ1v) is 14.0. The fourth-order valence-corrected chi connectivity index (χ4v) is 5.83. The van der Waals surface area contributed by atoms with E-state index in [2.05, 4.69) is 16.4 Å². The molecule has 0 spiro atoms. The van der Waals surface area contributed by atoms with Crippen molar-refractivity contribution in [3.05, 3.63) is 72.4 Å². The van der Waals surface area contributed by atoms with Gasteiger partial charge in [0.25, 0.3) is 0 Å². The Hall–Kier alpha value is -3.94. The lowest BCUT2D eigenvalue weighted by molar-refractivity contribution is 0.176. The second-order valence-corrected chi connectivity index (χ2v) is 12.3. The van der Waals surface area contributed by atoms with Crippen molar-refractivity contribution in [1.82, 2.24) is 14.8 Å². The molecule has 4 aromatic rings. The highest BCUT2D eigenvalue weighted by molar-refractivity contribution is 7.92. The molecular weight excluding hydrogens is 502 g/mol. The van der Waals surface area contributed by atoms with Gasteiger partial charge in [-0.25, -0.2) is 13.4 Å². The summed E-state index contributed by atoms with van der Waals surface area (Å²) in [5.41, 5.74) is 2.35. The van der Waals surface area contributed by atoms with E-state index in [0.717, 1.165) is 11.1 Å². The smallest absolute Gasteiger partial charge is 0.227 e. The lowest BCUT2D eigenvalue weighted by Crippen LogP contribution is -2.14. The third-order valence-corrected chi connectivity index (χ3v) is 9.02. The number of nitrogens with one attached hydrogen (secondary N) is 1. The summed E-state index contributed by atoms with van der Waals surface area (Å²) in [5.74, 6) is 0.461. The minimum Gasteiger partial charge on any atom is -0.472 e. The van der Waals surface area contributed by atoms with Crippen LogP contribution in [0.4, 0.5) is 11.5 Å². The molecule has 2 N–H and O–H groups in total. The minimum absolute atomic E-state index is 0.249.